The second-order valence-electron chi connectivity index (χ2n) is 6.08. The van der Waals surface area contributed by atoms with Crippen LogP contribution in [0.5, 0.6) is 0 Å². The standard InChI is InChI=1S/C15H28N2O2/c1-19-14(10-16)9-15(18)17(13-7-8-13)11-12-5-3-2-4-6-12/h12-14H,2-11,16H2,1H3. The van der Waals surface area contributed by atoms with Gasteiger partial charge in [0.1, 0.15) is 0 Å². The molecule has 0 saturated heterocycles. The quantitative estimate of drug-likeness (QED) is 0.767. The third-order valence-corrected chi connectivity index (χ3v) is 4.49. The Kier molecular flexibility index (Phi) is 5.64. The normalized spacial score (nSPS) is 22.2. The summed E-state index contributed by atoms with van der Waals surface area (Å²) in [7, 11) is 1.63. The summed E-state index contributed by atoms with van der Waals surface area (Å²) in [6.45, 7) is 1.38. The van der Waals surface area contributed by atoms with Crippen LogP contribution < -0.4 is 5.73 Å². The second-order valence-corrected chi connectivity index (χ2v) is 6.08. The zero-order valence-electron chi connectivity index (χ0n) is 12.1. The lowest BCUT2D eigenvalue weighted by Crippen LogP contribution is -2.40. The molecule has 4 nitrogen and oxygen atoms in total. The van der Waals surface area contributed by atoms with Gasteiger partial charge in [0.25, 0.3) is 0 Å². The predicted octanol–water partition coefficient (Wildman–Crippen LogP) is 1.92. The minimum atomic E-state index is -0.125. The Balaban J connectivity index is 1.85. The molecule has 0 aromatic heterocycles. The number of nitrogens with zero attached hydrogens (tertiary/aromatic N) is 1. The van der Waals surface area contributed by atoms with Gasteiger partial charge in [-0.05, 0) is 31.6 Å². The molecule has 4 heteroatoms. The van der Waals surface area contributed by atoms with Crippen molar-refractivity contribution in [2.24, 2.45) is 11.7 Å². The Labute approximate surface area is 116 Å². The van der Waals surface area contributed by atoms with Crippen LogP contribution in [-0.4, -0.2) is 43.2 Å². The van der Waals surface area contributed by atoms with Crippen molar-refractivity contribution in [3.05, 3.63) is 0 Å². The molecule has 110 valence electrons. The van der Waals surface area contributed by atoms with E-state index in [2.05, 4.69) is 4.90 Å². The average molecular weight is 268 g/mol. The maximum absolute atomic E-state index is 12.4. The maximum Gasteiger partial charge on any atom is 0.225 e. The average Bonchev–Trinajstić information content (AvgIpc) is 3.27. The molecule has 1 amide bonds. The second kappa shape index (κ2) is 7.25. The van der Waals surface area contributed by atoms with E-state index >= 15 is 0 Å². The number of ether oxygens (including phenoxy) is 1. The van der Waals surface area contributed by atoms with Gasteiger partial charge in [-0.1, -0.05) is 19.3 Å². The van der Waals surface area contributed by atoms with Crippen LogP contribution in [0.15, 0.2) is 0 Å². The van der Waals surface area contributed by atoms with Crippen LogP contribution >= 0.6 is 0 Å². The van der Waals surface area contributed by atoms with E-state index in [4.69, 9.17) is 10.5 Å². The largest absolute Gasteiger partial charge is 0.380 e. The van der Waals surface area contributed by atoms with Crippen LogP contribution in [0.3, 0.4) is 0 Å². The van der Waals surface area contributed by atoms with Gasteiger partial charge >= 0.3 is 0 Å². The van der Waals surface area contributed by atoms with Crippen molar-refractivity contribution in [3.8, 4) is 0 Å². The number of carbonyl (C=O) groups is 1. The summed E-state index contributed by atoms with van der Waals surface area (Å²) in [5.41, 5.74) is 5.61. The van der Waals surface area contributed by atoms with E-state index in [1.165, 1.54) is 44.9 Å². The Hall–Kier alpha value is -0.610. The maximum atomic E-state index is 12.4. The summed E-state index contributed by atoms with van der Waals surface area (Å²) in [5, 5.41) is 0. The Bertz CT molecular complexity index is 282. The van der Waals surface area contributed by atoms with Gasteiger partial charge in [-0.25, -0.2) is 0 Å². The lowest BCUT2D eigenvalue weighted by Gasteiger charge is -2.30. The minimum absolute atomic E-state index is 0.125. The highest BCUT2D eigenvalue weighted by atomic mass is 16.5. The molecule has 0 aromatic carbocycles. The van der Waals surface area contributed by atoms with Gasteiger partial charge in [-0.15, -0.1) is 0 Å². The summed E-state index contributed by atoms with van der Waals surface area (Å²) in [6.07, 6.45) is 9.30. The van der Waals surface area contributed by atoms with E-state index < -0.39 is 0 Å². The van der Waals surface area contributed by atoms with Crippen LogP contribution in [0.4, 0.5) is 0 Å². The molecule has 2 N–H and O–H groups in total. The fourth-order valence-corrected chi connectivity index (χ4v) is 3.06. The first-order chi connectivity index (χ1) is 9.24. The van der Waals surface area contributed by atoms with Gasteiger partial charge in [0.15, 0.2) is 0 Å². The van der Waals surface area contributed by atoms with E-state index in [0.29, 0.717) is 19.0 Å². The first-order valence-electron chi connectivity index (χ1n) is 7.77. The monoisotopic (exact) mass is 268 g/mol. The van der Waals surface area contributed by atoms with Crippen molar-refractivity contribution in [2.45, 2.75) is 63.5 Å². The summed E-state index contributed by atoms with van der Waals surface area (Å²) in [6, 6.07) is 0.504. The molecule has 1 unspecified atom stereocenters. The summed E-state index contributed by atoms with van der Waals surface area (Å²) in [4.78, 5) is 14.5. The zero-order chi connectivity index (χ0) is 13.7. The fraction of sp³-hybridized carbons (Fsp3) is 0.933. The molecule has 0 heterocycles. The van der Waals surface area contributed by atoms with Gasteiger partial charge < -0.3 is 15.4 Å². The number of methoxy groups -OCH3 is 1. The van der Waals surface area contributed by atoms with Crippen molar-refractivity contribution in [1.29, 1.82) is 0 Å². The molecule has 19 heavy (non-hydrogen) atoms. The lowest BCUT2D eigenvalue weighted by molar-refractivity contribution is -0.135. The van der Waals surface area contributed by atoms with Crippen molar-refractivity contribution < 1.29 is 9.53 Å². The van der Waals surface area contributed by atoms with E-state index in [0.717, 1.165) is 12.5 Å². The molecule has 1 atom stereocenters. The van der Waals surface area contributed by atoms with Crippen molar-refractivity contribution in [2.75, 3.05) is 20.2 Å². The molecule has 2 saturated carbocycles. The number of hydrogen-bond acceptors (Lipinski definition) is 3. The van der Waals surface area contributed by atoms with Crippen molar-refractivity contribution >= 4 is 5.91 Å². The SMILES string of the molecule is COC(CN)CC(=O)N(CC1CCCCC1)C1CC1. The van der Waals surface area contributed by atoms with E-state index in [1.54, 1.807) is 7.11 Å². The van der Waals surface area contributed by atoms with Crippen LogP contribution in [0.2, 0.25) is 0 Å². The number of amides is 1. The molecule has 2 aliphatic rings. The smallest absolute Gasteiger partial charge is 0.225 e. The molecule has 2 rings (SSSR count). The first-order valence-corrected chi connectivity index (χ1v) is 7.77. The van der Waals surface area contributed by atoms with Crippen LogP contribution in [0.1, 0.15) is 51.4 Å². The summed E-state index contributed by atoms with van der Waals surface area (Å²) < 4.78 is 5.24. The van der Waals surface area contributed by atoms with Crippen LogP contribution in [0.25, 0.3) is 0 Å². The molecular weight excluding hydrogens is 240 g/mol. The number of hydrogen-bond donors (Lipinski definition) is 1. The number of rotatable bonds is 7. The highest BCUT2D eigenvalue weighted by molar-refractivity contribution is 5.77. The third-order valence-electron chi connectivity index (χ3n) is 4.49. The van der Waals surface area contributed by atoms with Gasteiger partial charge in [-0.3, -0.25) is 4.79 Å². The van der Waals surface area contributed by atoms with E-state index in [-0.39, 0.29) is 12.0 Å². The molecular formula is C15H28N2O2. The number of nitrogens with two attached hydrogens (primary N) is 1. The summed E-state index contributed by atoms with van der Waals surface area (Å²) in [5.74, 6) is 0.961. The van der Waals surface area contributed by atoms with Gasteiger partial charge in [-0.2, -0.15) is 0 Å². The molecule has 0 spiro atoms. The van der Waals surface area contributed by atoms with E-state index in [9.17, 15) is 4.79 Å². The Morgan fingerprint density at radius 1 is 1.26 bits per heavy atom. The van der Waals surface area contributed by atoms with Crippen LogP contribution in [-0.2, 0) is 9.53 Å². The zero-order valence-corrected chi connectivity index (χ0v) is 12.1. The van der Waals surface area contributed by atoms with Gasteiger partial charge in [0.05, 0.1) is 12.5 Å². The van der Waals surface area contributed by atoms with Crippen molar-refractivity contribution in [1.82, 2.24) is 4.90 Å². The minimum Gasteiger partial charge on any atom is -0.380 e. The van der Waals surface area contributed by atoms with Crippen LogP contribution in [0, 0.1) is 5.92 Å². The molecule has 0 radical (unpaired) electrons. The highest BCUT2D eigenvalue weighted by Gasteiger charge is 2.34. The lowest BCUT2D eigenvalue weighted by atomic mass is 9.89. The van der Waals surface area contributed by atoms with E-state index in [1.807, 2.05) is 0 Å². The first kappa shape index (κ1) is 14.8. The predicted molar refractivity (Wildman–Crippen MR) is 75.8 cm³/mol. The molecule has 2 aliphatic carbocycles. The Morgan fingerprint density at radius 3 is 2.47 bits per heavy atom. The molecule has 0 aromatic rings. The summed E-state index contributed by atoms with van der Waals surface area (Å²) >= 11 is 0. The molecule has 0 aliphatic heterocycles. The molecule has 2 fully saturated rings. The Morgan fingerprint density at radius 2 is 1.95 bits per heavy atom. The van der Waals surface area contributed by atoms with Gasteiger partial charge in [0, 0.05) is 26.2 Å². The van der Waals surface area contributed by atoms with Crippen molar-refractivity contribution in [3.63, 3.8) is 0 Å². The number of carbonyl (C=O) groups excluding carboxylic acids is 1. The highest BCUT2D eigenvalue weighted by Crippen LogP contribution is 2.31. The topological polar surface area (TPSA) is 55.6 Å². The fourth-order valence-electron chi connectivity index (χ4n) is 3.06. The molecule has 0 bridgehead atoms. The third kappa shape index (κ3) is 4.46. The van der Waals surface area contributed by atoms with Gasteiger partial charge in [0.2, 0.25) is 5.91 Å².